The molecule has 0 aliphatic carbocycles. The van der Waals surface area contributed by atoms with Crippen LogP contribution in [0.25, 0.3) is 0 Å². The molecule has 0 unspecified atom stereocenters. The molecule has 0 radical (unpaired) electrons. The van der Waals surface area contributed by atoms with Crippen LogP contribution in [0.3, 0.4) is 0 Å². The molecule has 2 N–H and O–H groups in total. The Balaban J connectivity index is 2.55. The minimum absolute atomic E-state index is 0.221. The molecule has 19 heavy (non-hydrogen) atoms. The van der Waals surface area contributed by atoms with Gasteiger partial charge in [0.1, 0.15) is 5.82 Å². The summed E-state index contributed by atoms with van der Waals surface area (Å²) >= 11 is 0. The van der Waals surface area contributed by atoms with Gasteiger partial charge in [0.2, 0.25) is 0 Å². The Morgan fingerprint density at radius 2 is 1.84 bits per heavy atom. The van der Waals surface area contributed by atoms with Crippen molar-refractivity contribution in [3.8, 4) is 0 Å². The predicted octanol–water partition coefficient (Wildman–Crippen LogP) is 1.19. The average molecular weight is 265 g/mol. The van der Waals surface area contributed by atoms with E-state index in [1.807, 2.05) is 5.43 Å². The SMILES string of the molecule is CC(C)(C)NC(=O)C(=O)NN=Cc1ccccc1F. The highest BCUT2D eigenvalue weighted by Gasteiger charge is 2.19. The lowest BCUT2D eigenvalue weighted by molar-refractivity contribution is -0.140. The van der Waals surface area contributed by atoms with E-state index in [2.05, 4.69) is 10.4 Å². The molecule has 102 valence electrons. The van der Waals surface area contributed by atoms with Crippen LogP contribution < -0.4 is 10.7 Å². The maximum atomic E-state index is 13.2. The topological polar surface area (TPSA) is 70.6 Å². The summed E-state index contributed by atoms with van der Waals surface area (Å²) in [6.07, 6.45) is 1.14. The van der Waals surface area contributed by atoms with E-state index >= 15 is 0 Å². The van der Waals surface area contributed by atoms with Crippen molar-refractivity contribution >= 4 is 18.0 Å². The van der Waals surface area contributed by atoms with Crippen LogP contribution in [-0.4, -0.2) is 23.6 Å². The van der Waals surface area contributed by atoms with Crippen molar-refractivity contribution in [2.75, 3.05) is 0 Å². The van der Waals surface area contributed by atoms with Gasteiger partial charge in [-0.05, 0) is 26.8 Å². The number of nitrogens with zero attached hydrogens (tertiary/aromatic N) is 1. The zero-order chi connectivity index (χ0) is 14.5. The first-order valence-corrected chi connectivity index (χ1v) is 5.70. The van der Waals surface area contributed by atoms with Crippen molar-refractivity contribution in [2.45, 2.75) is 26.3 Å². The molecule has 0 heterocycles. The number of nitrogens with one attached hydrogen (secondary N) is 2. The second-order valence-corrected chi connectivity index (χ2v) is 4.92. The highest BCUT2D eigenvalue weighted by atomic mass is 19.1. The number of hydrazone groups is 1. The van der Waals surface area contributed by atoms with E-state index in [0.717, 1.165) is 6.21 Å². The Bertz CT molecular complexity index is 507. The maximum absolute atomic E-state index is 13.2. The third kappa shape index (κ3) is 5.29. The van der Waals surface area contributed by atoms with Crippen molar-refractivity contribution < 1.29 is 14.0 Å². The standard InChI is InChI=1S/C13H16FN3O2/c1-13(2,3)16-11(18)12(19)17-15-8-9-6-4-5-7-10(9)14/h4-8H,1-3H3,(H,16,18)(H,17,19). The van der Waals surface area contributed by atoms with Crippen molar-refractivity contribution in [1.29, 1.82) is 0 Å². The quantitative estimate of drug-likeness (QED) is 0.479. The van der Waals surface area contributed by atoms with E-state index in [4.69, 9.17) is 0 Å². The lowest BCUT2D eigenvalue weighted by Crippen LogP contribution is -2.47. The second kappa shape index (κ2) is 6.08. The average Bonchev–Trinajstić information content (AvgIpc) is 2.29. The highest BCUT2D eigenvalue weighted by Crippen LogP contribution is 2.02. The summed E-state index contributed by atoms with van der Waals surface area (Å²) in [6, 6.07) is 5.95. The molecule has 0 aliphatic heterocycles. The van der Waals surface area contributed by atoms with Crippen LogP contribution in [0, 0.1) is 5.82 Å². The number of carbonyl (C=O) groups is 2. The molecule has 0 bridgehead atoms. The molecule has 0 aliphatic rings. The molecule has 1 aromatic rings. The van der Waals surface area contributed by atoms with Crippen molar-refractivity contribution in [3.05, 3.63) is 35.6 Å². The molecule has 5 nitrogen and oxygen atoms in total. The summed E-state index contributed by atoms with van der Waals surface area (Å²) in [5.41, 5.74) is 1.74. The predicted molar refractivity (Wildman–Crippen MR) is 70.0 cm³/mol. The molecule has 0 saturated carbocycles. The first-order valence-electron chi connectivity index (χ1n) is 5.70. The fourth-order valence-corrected chi connectivity index (χ4v) is 1.19. The van der Waals surface area contributed by atoms with E-state index in [-0.39, 0.29) is 5.56 Å². The number of benzene rings is 1. The van der Waals surface area contributed by atoms with Gasteiger partial charge in [-0.15, -0.1) is 0 Å². The van der Waals surface area contributed by atoms with E-state index < -0.39 is 23.2 Å². The molecule has 0 fully saturated rings. The number of amides is 2. The van der Waals surface area contributed by atoms with Gasteiger partial charge in [-0.2, -0.15) is 5.10 Å². The highest BCUT2D eigenvalue weighted by molar-refractivity contribution is 6.35. The van der Waals surface area contributed by atoms with Gasteiger partial charge in [0.15, 0.2) is 0 Å². The molecular weight excluding hydrogens is 249 g/mol. The number of halogens is 1. The third-order valence-corrected chi connectivity index (χ3v) is 1.97. The van der Waals surface area contributed by atoms with Gasteiger partial charge < -0.3 is 5.32 Å². The van der Waals surface area contributed by atoms with Crippen LogP contribution in [-0.2, 0) is 9.59 Å². The van der Waals surface area contributed by atoms with Crippen LogP contribution in [0.1, 0.15) is 26.3 Å². The normalized spacial score (nSPS) is 11.4. The number of hydrogen-bond donors (Lipinski definition) is 2. The maximum Gasteiger partial charge on any atom is 0.329 e. The second-order valence-electron chi connectivity index (χ2n) is 4.92. The van der Waals surface area contributed by atoms with Crippen LogP contribution >= 0.6 is 0 Å². The van der Waals surface area contributed by atoms with Gasteiger partial charge >= 0.3 is 11.8 Å². The summed E-state index contributed by atoms with van der Waals surface area (Å²) in [5.74, 6) is -2.15. The van der Waals surface area contributed by atoms with Crippen molar-refractivity contribution in [1.82, 2.24) is 10.7 Å². The van der Waals surface area contributed by atoms with Gasteiger partial charge in [0.05, 0.1) is 6.21 Å². The van der Waals surface area contributed by atoms with Gasteiger partial charge in [-0.1, -0.05) is 18.2 Å². The smallest absolute Gasteiger partial charge is 0.329 e. The summed E-state index contributed by atoms with van der Waals surface area (Å²) in [6.45, 7) is 5.25. The molecular formula is C13H16FN3O2. The van der Waals surface area contributed by atoms with Crippen molar-refractivity contribution in [3.63, 3.8) is 0 Å². The van der Waals surface area contributed by atoms with E-state index in [1.165, 1.54) is 12.1 Å². The summed E-state index contributed by atoms with van der Waals surface area (Å²) in [5, 5.41) is 6.01. The van der Waals surface area contributed by atoms with Crippen molar-refractivity contribution in [2.24, 2.45) is 5.10 Å². The molecule has 0 saturated heterocycles. The number of carbonyl (C=O) groups excluding carboxylic acids is 2. The monoisotopic (exact) mass is 265 g/mol. The zero-order valence-electron chi connectivity index (χ0n) is 11.0. The molecule has 0 aromatic heterocycles. The van der Waals surface area contributed by atoms with Gasteiger partial charge in [0, 0.05) is 11.1 Å². The largest absolute Gasteiger partial charge is 0.343 e. The Labute approximate surface area is 110 Å². The Kier molecular flexibility index (Phi) is 4.74. The fourth-order valence-electron chi connectivity index (χ4n) is 1.19. The zero-order valence-corrected chi connectivity index (χ0v) is 11.0. The van der Waals surface area contributed by atoms with Crippen LogP contribution in [0.5, 0.6) is 0 Å². The minimum atomic E-state index is -0.900. The molecule has 0 spiro atoms. The third-order valence-electron chi connectivity index (χ3n) is 1.97. The molecule has 1 aromatic carbocycles. The van der Waals surface area contributed by atoms with E-state index in [9.17, 15) is 14.0 Å². The molecule has 0 atom stereocenters. The van der Waals surface area contributed by atoms with Crippen LogP contribution in [0.2, 0.25) is 0 Å². The van der Waals surface area contributed by atoms with Gasteiger partial charge in [0.25, 0.3) is 0 Å². The fraction of sp³-hybridized carbons (Fsp3) is 0.308. The van der Waals surface area contributed by atoms with Gasteiger partial charge in [-0.3, -0.25) is 9.59 Å². The lowest BCUT2D eigenvalue weighted by Gasteiger charge is -2.19. The Morgan fingerprint density at radius 1 is 1.21 bits per heavy atom. The number of rotatable bonds is 2. The summed E-state index contributed by atoms with van der Waals surface area (Å²) < 4.78 is 13.2. The first-order chi connectivity index (χ1) is 8.79. The van der Waals surface area contributed by atoms with E-state index in [1.54, 1.807) is 32.9 Å². The van der Waals surface area contributed by atoms with E-state index in [0.29, 0.717) is 0 Å². The Hall–Kier alpha value is -2.24. The first kappa shape index (κ1) is 14.8. The van der Waals surface area contributed by atoms with Crippen LogP contribution in [0.15, 0.2) is 29.4 Å². The van der Waals surface area contributed by atoms with Crippen LogP contribution in [0.4, 0.5) is 4.39 Å². The molecule has 6 heteroatoms. The summed E-state index contributed by atoms with van der Waals surface area (Å²) in [4.78, 5) is 22.8. The molecule has 2 amide bonds. The number of hydrogen-bond acceptors (Lipinski definition) is 3. The molecule has 1 rings (SSSR count). The minimum Gasteiger partial charge on any atom is -0.343 e. The van der Waals surface area contributed by atoms with Gasteiger partial charge in [-0.25, -0.2) is 9.82 Å². The summed E-state index contributed by atoms with van der Waals surface area (Å²) in [7, 11) is 0. The Morgan fingerprint density at radius 3 is 2.42 bits per heavy atom. The lowest BCUT2D eigenvalue weighted by atomic mass is 10.1.